The highest BCUT2D eigenvalue weighted by Gasteiger charge is 2.33. The van der Waals surface area contributed by atoms with Gasteiger partial charge in [0.05, 0.1) is 0 Å². The molecule has 56 valence electrons. The molecule has 0 spiro atoms. The minimum atomic E-state index is -0.871. The molecule has 1 saturated carbocycles. The maximum atomic E-state index is 10.2. The van der Waals surface area contributed by atoms with Gasteiger partial charge >= 0.3 is 6.09 Å². The molecule has 0 unspecified atom stereocenters. The fraction of sp³-hybridized carbons (Fsp3) is 0.667. The normalized spacial score (nSPS) is 19.6. The average molecular weight is 143 g/mol. The molecule has 10 heavy (non-hydrogen) atoms. The molecule has 0 aliphatic heterocycles. The van der Waals surface area contributed by atoms with Gasteiger partial charge in [0.25, 0.3) is 0 Å². The molecule has 1 rings (SSSR count). The standard InChI is InChI=1S/C6H9NO3/c7-6(9)10-5(3-8)4-1-2-4/h3-5H,1-2H2,(H2,7,9)/t5-/m1/s1. The molecule has 1 amide bonds. The minimum Gasteiger partial charge on any atom is -0.438 e. The van der Waals surface area contributed by atoms with Crippen LogP contribution in [0.2, 0.25) is 0 Å². The number of carbonyl (C=O) groups is 2. The lowest BCUT2D eigenvalue weighted by atomic mass is 10.3. The molecule has 0 aromatic carbocycles. The Morgan fingerprint density at radius 2 is 2.30 bits per heavy atom. The molecular weight excluding hydrogens is 134 g/mol. The number of hydrogen-bond acceptors (Lipinski definition) is 3. The number of rotatable bonds is 3. The molecule has 0 radical (unpaired) electrons. The third-order valence-electron chi connectivity index (χ3n) is 1.47. The molecular formula is C6H9NO3. The molecule has 4 nitrogen and oxygen atoms in total. The van der Waals surface area contributed by atoms with Gasteiger partial charge in [0.1, 0.15) is 0 Å². The minimum absolute atomic E-state index is 0.227. The van der Waals surface area contributed by atoms with Crippen molar-refractivity contribution in [2.45, 2.75) is 18.9 Å². The van der Waals surface area contributed by atoms with E-state index in [9.17, 15) is 9.59 Å². The molecule has 1 aliphatic rings. The molecule has 1 atom stereocenters. The predicted octanol–water partition coefficient (Wildman–Crippen LogP) is 0.0592. The lowest BCUT2D eigenvalue weighted by Crippen LogP contribution is -2.25. The van der Waals surface area contributed by atoms with E-state index in [0.717, 1.165) is 12.8 Å². The van der Waals surface area contributed by atoms with E-state index in [-0.39, 0.29) is 5.92 Å². The summed E-state index contributed by atoms with van der Waals surface area (Å²) in [5.41, 5.74) is 4.71. The monoisotopic (exact) mass is 143 g/mol. The van der Waals surface area contributed by atoms with Crippen LogP contribution in [0.15, 0.2) is 0 Å². The summed E-state index contributed by atoms with van der Waals surface area (Å²) in [4.78, 5) is 20.3. The third-order valence-corrected chi connectivity index (χ3v) is 1.47. The Hall–Kier alpha value is -1.06. The topological polar surface area (TPSA) is 69.4 Å². The molecule has 0 heterocycles. The van der Waals surface area contributed by atoms with E-state index in [4.69, 9.17) is 5.73 Å². The zero-order valence-electron chi connectivity index (χ0n) is 5.45. The van der Waals surface area contributed by atoms with E-state index in [1.165, 1.54) is 0 Å². The second-order valence-electron chi connectivity index (χ2n) is 2.38. The van der Waals surface area contributed by atoms with Gasteiger partial charge in [-0.25, -0.2) is 4.79 Å². The van der Waals surface area contributed by atoms with E-state index in [1.54, 1.807) is 0 Å². The van der Waals surface area contributed by atoms with E-state index < -0.39 is 12.2 Å². The predicted molar refractivity (Wildman–Crippen MR) is 33.2 cm³/mol. The van der Waals surface area contributed by atoms with Crippen LogP contribution >= 0.6 is 0 Å². The SMILES string of the molecule is NC(=O)O[C@H](C=O)C1CC1. The zero-order chi connectivity index (χ0) is 7.56. The number of ether oxygens (including phenoxy) is 1. The molecule has 2 N–H and O–H groups in total. The number of amides is 1. The Kier molecular flexibility index (Phi) is 1.89. The van der Waals surface area contributed by atoms with E-state index >= 15 is 0 Å². The molecule has 1 aliphatic carbocycles. The van der Waals surface area contributed by atoms with Crippen LogP contribution in [0.4, 0.5) is 4.79 Å². The van der Waals surface area contributed by atoms with Gasteiger partial charge in [-0.05, 0) is 12.8 Å². The van der Waals surface area contributed by atoms with Gasteiger partial charge in [-0.3, -0.25) is 4.79 Å². The Morgan fingerprint density at radius 1 is 1.70 bits per heavy atom. The Morgan fingerprint density at radius 3 is 2.60 bits per heavy atom. The van der Waals surface area contributed by atoms with Gasteiger partial charge in [0, 0.05) is 5.92 Å². The fourth-order valence-electron chi connectivity index (χ4n) is 0.794. The number of hydrogen-bond donors (Lipinski definition) is 1. The van der Waals surface area contributed by atoms with E-state index in [0.29, 0.717) is 6.29 Å². The van der Waals surface area contributed by atoms with Crippen molar-refractivity contribution in [3.8, 4) is 0 Å². The first-order valence-electron chi connectivity index (χ1n) is 3.15. The summed E-state index contributed by atoms with van der Waals surface area (Å²) in [6.07, 6.45) is 1.07. The Bertz CT molecular complexity index is 153. The van der Waals surface area contributed by atoms with Gasteiger partial charge < -0.3 is 10.5 Å². The summed E-state index contributed by atoms with van der Waals surface area (Å²) >= 11 is 0. The highest BCUT2D eigenvalue weighted by atomic mass is 16.6. The van der Waals surface area contributed by atoms with Crippen molar-refractivity contribution >= 4 is 12.4 Å². The van der Waals surface area contributed by atoms with Crippen molar-refractivity contribution in [2.75, 3.05) is 0 Å². The van der Waals surface area contributed by atoms with Crippen LogP contribution in [0.25, 0.3) is 0 Å². The molecule has 0 aromatic rings. The van der Waals surface area contributed by atoms with Crippen LogP contribution < -0.4 is 5.73 Å². The average Bonchev–Trinajstić information content (AvgIpc) is 2.63. The van der Waals surface area contributed by atoms with Crippen molar-refractivity contribution in [1.29, 1.82) is 0 Å². The van der Waals surface area contributed by atoms with Gasteiger partial charge in [-0.1, -0.05) is 0 Å². The Labute approximate surface area is 58.3 Å². The third kappa shape index (κ3) is 1.72. The van der Waals surface area contributed by atoms with Crippen molar-refractivity contribution in [1.82, 2.24) is 0 Å². The number of primary amides is 1. The first-order valence-corrected chi connectivity index (χ1v) is 3.15. The van der Waals surface area contributed by atoms with Crippen LogP contribution in [0.3, 0.4) is 0 Å². The summed E-state index contributed by atoms with van der Waals surface area (Å²) in [6.45, 7) is 0. The lowest BCUT2D eigenvalue weighted by Gasteiger charge is -2.06. The van der Waals surface area contributed by atoms with Gasteiger partial charge in [-0.2, -0.15) is 0 Å². The number of nitrogens with two attached hydrogens (primary N) is 1. The van der Waals surface area contributed by atoms with Crippen LogP contribution in [0.1, 0.15) is 12.8 Å². The zero-order valence-corrected chi connectivity index (χ0v) is 5.45. The van der Waals surface area contributed by atoms with Gasteiger partial charge in [0.15, 0.2) is 12.4 Å². The van der Waals surface area contributed by atoms with Crippen LogP contribution in [0.5, 0.6) is 0 Å². The first kappa shape index (κ1) is 7.05. The van der Waals surface area contributed by atoms with Crippen molar-refractivity contribution in [3.63, 3.8) is 0 Å². The summed E-state index contributed by atoms with van der Waals surface area (Å²) in [7, 11) is 0. The van der Waals surface area contributed by atoms with Crippen LogP contribution in [0, 0.1) is 5.92 Å². The Balaban J connectivity index is 2.32. The second kappa shape index (κ2) is 2.68. The van der Waals surface area contributed by atoms with E-state index in [1.807, 2.05) is 0 Å². The van der Waals surface area contributed by atoms with Crippen LogP contribution in [-0.4, -0.2) is 18.5 Å². The molecule has 0 saturated heterocycles. The van der Waals surface area contributed by atoms with Crippen molar-refractivity contribution in [2.24, 2.45) is 11.7 Å². The lowest BCUT2D eigenvalue weighted by molar-refractivity contribution is -0.115. The molecule has 1 fully saturated rings. The highest BCUT2D eigenvalue weighted by molar-refractivity contribution is 5.69. The number of carbonyl (C=O) groups excluding carboxylic acids is 2. The van der Waals surface area contributed by atoms with Gasteiger partial charge in [0.2, 0.25) is 0 Å². The van der Waals surface area contributed by atoms with E-state index in [2.05, 4.69) is 4.74 Å². The quantitative estimate of drug-likeness (QED) is 0.568. The fourth-order valence-corrected chi connectivity index (χ4v) is 0.794. The summed E-state index contributed by atoms with van der Waals surface area (Å²) in [5, 5.41) is 0. The highest BCUT2D eigenvalue weighted by Crippen LogP contribution is 2.33. The van der Waals surface area contributed by atoms with Crippen molar-refractivity contribution in [3.05, 3.63) is 0 Å². The molecule has 0 aromatic heterocycles. The molecule has 0 bridgehead atoms. The van der Waals surface area contributed by atoms with Crippen molar-refractivity contribution < 1.29 is 14.3 Å². The number of aldehydes is 1. The molecule has 4 heteroatoms. The largest absolute Gasteiger partial charge is 0.438 e. The maximum absolute atomic E-state index is 10.2. The summed E-state index contributed by atoms with van der Waals surface area (Å²) < 4.78 is 4.49. The summed E-state index contributed by atoms with van der Waals surface area (Å²) in [6, 6.07) is 0. The summed E-state index contributed by atoms with van der Waals surface area (Å²) in [5.74, 6) is 0.227. The second-order valence-corrected chi connectivity index (χ2v) is 2.38. The van der Waals surface area contributed by atoms with Gasteiger partial charge in [-0.15, -0.1) is 0 Å². The smallest absolute Gasteiger partial charge is 0.405 e. The first-order chi connectivity index (χ1) is 4.74. The van der Waals surface area contributed by atoms with Crippen LogP contribution in [-0.2, 0) is 9.53 Å². The maximum Gasteiger partial charge on any atom is 0.405 e.